The minimum absolute atomic E-state index is 0.975. The van der Waals surface area contributed by atoms with Gasteiger partial charge in [0.25, 0.3) is 0 Å². The smallest absolute Gasteiger partial charge is 0.190 e. The Labute approximate surface area is 155 Å². The molecule has 5 nitrogen and oxygen atoms in total. The van der Waals surface area contributed by atoms with Gasteiger partial charge in [-0.15, -0.1) is 0 Å². The standard InChI is InChI=1S/C20H41N5/c1-21-20(23-13-8-11-19-9-4-3-5-10-19)22-12-6-7-14-25-17-15-24(2)16-18-25/h19H,3-18H2,1-2H3,(H2,21,22,23). The molecule has 1 aliphatic carbocycles. The molecule has 0 amide bonds. The van der Waals surface area contributed by atoms with Crippen LogP contribution in [0.2, 0.25) is 0 Å². The van der Waals surface area contributed by atoms with Crippen molar-refractivity contribution in [3.8, 4) is 0 Å². The minimum atomic E-state index is 0.975. The lowest BCUT2D eigenvalue weighted by Crippen LogP contribution is -2.44. The highest BCUT2D eigenvalue weighted by Gasteiger charge is 2.13. The van der Waals surface area contributed by atoms with Crippen LogP contribution in [-0.4, -0.2) is 75.7 Å². The summed E-state index contributed by atoms with van der Waals surface area (Å²) >= 11 is 0. The van der Waals surface area contributed by atoms with Gasteiger partial charge in [0.05, 0.1) is 0 Å². The lowest BCUT2D eigenvalue weighted by atomic mass is 9.86. The zero-order chi connectivity index (χ0) is 17.7. The molecule has 0 aromatic rings. The van der Waals surface area contributed by atoms with Gasteiger partial charge in [-0.1, -0.05) is 32.1 Å². The number of hydrogen-bond donors (Lipinski definition) is 2. The first-order valence-electron chi connectivity index (χ1n) is 10.6. The first-order valence-corrected chi connectivity index (χ1v) is 10.6. The molecule has 1 aliphatic heterocycles. The summed E-state index contributed by atoms with van der Waals surface area (Å²) < 4.78 is 0. The Morgan fingerprint density at radius 2 is 1.60 bits per heavy atom. The van der Waals surface area contributed by atoms with E-state index in [1.165, 1.54) is 90.5 Å². The lowest BCUT2D eigenvalue weighted by molar-refractivity contribution is 0.152. The van der Waals surface area contributed by atoms with Crippen molar-refractivity contribution >= 4 is 5.96 Å². The predicted octanol–water partition coefficient (Wildman–Crippen LogP) is 2.54. The Morgan fingerprint density at radius 3 is 2.28 bits per heavy atom. The molecule has 2 fully saturated rings. The highest BCUT2D eigenvalue weighted by Crippen LogP contribution is 2.26. The molecular weight excluding hydrogens is 310 g/mol. The number of piperazine rings is 1. The molecule has 0 spiro atoms. The number of nitrogens with zero attached hydrogens (tertiary/aromatic N) is 3. The van der Waals surface area contributed by atoms with Crippen molar-refractivity contribution in [1.29, 1.82) is 0 Å². The van der Waals surface area contributed by atoms with Crippen molar-refractivity contribution in [2.75, 3.05) is 59.9 Å². The van der Waals surface area contributed by atoms with Crippen LogP contribution in [-0.2, 0) is 0 Å². The van der Waals surface area contributed by atoms with Crippen molar-refractivity contribution < 1.29 is 0 Å². The molecule has 0 radical (unpaired) electrons. The van der Waals surface area contributed by atoms with Crippen LogP contribution in [0.25, 0.3) is 0 Å². The second-order valence-corrected chi connectivity index (χ2v) is 7.92. The summed E-state index contributed by atoms with van der Waals surface area (Å²) in [6.07, 6.45) is 12.4. The zero-order valence-corrected chi connectivity index (χ0v) is 16.7. The first kappa shape index (κ1) is 20.5. The van der Waals surface area contributed by atoms with Gasteiger partial charge in [0, 0.05) is 46.3 Å². The molecule has 0 unspecified atom stereocenters. The third-order valence-corrected chi connectivity index (χ3v) is 5.82. The fourth-order valence-electron chi connectivity index (χ4n) is 4.03. The van der Waals surface area contributed by atoms with Crippen LogP contribution in [0.4, 0.5) is 0 Å². The van der Waals surface area contributed by atoms with E-state index in [9.17, 15) is 0 Å². The van der Waals surface area contributed by atoms with Crippen molar-refractivity contribution in [2.24, 2.45) is 10.9 Å². The Bertz CT molecular complexity index is 357. The first-order chi connectivity index (χ1) is 12.3. The number of likely N-dealkylation sites (N-methyl/N-ethyl adjacent to an activating group) is 1. The number of unbranched alkanes of at least 4 members (excludes halogenated alkanes) is 1. The van der Waals surface area contributed by atoms with E-state index in [1.54, 1.807) is 0 Å². The van der Waals surface area contributed by atoms with E-state index in [4.69, 9.17) is 0 Å². The molecular formula is C20H41N5. The van der Waals surface area contributed by atoms with Gasteiger partial charge in [-0.2, -0.15) is 0 Å². The summed E-state index contributed by atoms with van der Waals surface area (Å²) in [5, 5.41) is 6.94. The van der Waals surface area contributed by atoms with Gasteiger partial charge in [-0.25, -0.2) is 0 Å². The number of nitrogens with one attached hydrogen (secondary N) is 2. The average molecular weight is 352 g/mol. The average Bonchev–Trinajstić information content (AvgIpc) is 2.65. The van der Waals surface area contributed by atoms with Gasteiger partial charge in [0.15, 0.2) is 5.96 Å². The molecule has 25 heavy (non-hydrogen) atoms. The fraction of sp³-hybridized carbons (Fsp3) is 0.950. The molecule has 0 aromatic heterocycles. The highest BCUT2D eigenvalue weighted by molar-refractivity contribution is 5.79. The largest absolute Gasteiger partial charge is 0.356 e. The fourth-order valence-corrected chi connectivity index (χ4v) is 4.03. The predicted molar refractivity (Wildman–Crippen MR) is 108 cm³/mol. The van der Waals surface area contributed by atoms with Crippen LogP contribution in [0.5, 0.6) is 0 Å². The Balaban J connectivity index is 1.43. The second-order valence-electron chi connectivity index (χ2n) is 7.92. The summed E-state index contributed by atoms with van der Waals surface area (Å²) in [4.78, 5) is 9.36. The van der Waals surface area contributed by atoms with Crippen LogP contribution >= 0.6 is 0 Å². The van der Waals surface area contributed by atoms with Crippen molar-refractivity contribution in [3.05, 3.63) is 0 Å². The maximum atomic E-state index is 4.35. The monoisotopic (exact) mass is 351 g/mol. The zero-order valence-electron chi connectivity index (χ0n) is 16.7. The lowest BCUT2D eigenvalue weighted by Gasteiger charge is -2.32. The molecule has 1 saturated heterocycles. The topological polar surface area (TPSA) is 42.9 Å². The van der Waals surface area contributed by atoms with E-state index in [2.05, 4.69) is 32.5 Å². The van der Waals surface area contributed by atoms with Gasteiger partial charge >= 0.3 is 0 Å². The van der Waals surface area contributed by atoms with Gasteiger partial charge in [-0.05, 0) is 45.2 Å². The van der Waals surface area contributed by atoms with E-state index in [0.717, 1.165) is 25.0 Å². The normalized spacial score (nSPS) is 21.4. The summed E-state index contributed by atoms with van der Waals surface area (Å²) in [7, 11) is 4.09. The number of hydrogen-bond acceptors (Lipinski definition) is 3. The van der Waals surface area contributed by atoms with Crippen molar-refractivity contribution in [1.82, 2.24) is 20.4 Å². The van der Waals surface area contributed by atoms with E-state index >= 15 is 0 Å². The molecule has 2 N–H and O–H groups in total. The van der Waals surface area contributed by atoms with Crippen molar-refractivity contribution in [2.45, 2.75) is 57.8 Å². The number of guanidine groups is 1. The molecule has 2 aliphatic rings. The van der Waals surface area contributed by atoms with Gasteiger partial charge in [0.2, 0.25) is 0 Å². The SMILES string of the molecule is CN=C(NCCCCN1CCN(C)CC1)NCCCC1CCCCC1. The minimum Gasteiger partial charge on any atom is -0.356 e. The second kappa shape index (κ2) is 12.5. The summed E-state index contributed by atoms with van der Waals surface area (Å²) in [5.41, 5.74) is 0. The quantitative estimate of drug-likeness (QED) is 0.381. The summed E-state index contributed by atoms with van der Waals surface area (Å²) in [6, 6.07) is 0. The Kier molecular flexibility index (Phi) is 10.3. The highest BCUT2D eigenvalue weighted by atomic mass is 15.2. The van der Waals surface area contributed by atoms with Crippen LogP contribution in [0.15, 0.2) is 4.99 Å². The van der Waals surface area contributed by atoms with Gasteiger partial charge < -0.3 is 20.4 Å². The third kappa shape index (κ3) is 8.91. The van der Waals surface area contributed by atoms with E-state index < -0.39 is 0 Å². The Morgan fingerprint density at radius 1 is 0.920 bits per heavy atom. The van der Waals surface area contributed by atoms with E-state index in [1.807, 2.05) is 7.05 Å². The molecule has 5 heteroatoms. The molecule has 1 saturated carbocycles. The number of rotatable bonds is 9. The van der Waals surface area contributed by atoms with Gasteiger partial charge in [-0.3, -0.25) is 4.99 Å². The third-order valence-electron chi connectivity index (χ3n) is 5.82. The molecule has 0 bridgehead atoms. The van der Waals surface area contributed by atoms with E-state index in [-0.39, 0.29) is 0 Å². The maximum absolute atomic E-state index is 4.35. The van der Waals surface area contributed by atoms with E-state index in [0.29, 0.717) is 0 Å². The molecule has 0 aromatic carbocycles. The maximum Gasteiger partial charge on any atom is 0.190 e. The number of aliphatic imine (C=N–C) groups is 1. The molecule has 0 atom stereocenters. The molecule has 1 heterocycles. The van der Waals surface area contributed by atoms with Crippen LogP contribution in [0, 0.1) is 5.92 Å². The molecule has 146 valence electrons. The molecule has 2 rings (SSSR count). The van der Waals surface area contributed by atoms with Crippen LogP contribution in [0.3, 0.4) is 0 Å². The van der Waals surface area contributed by atoms with Crippen LogP contribution in [0.1, 0.15) is 57.8 Å². The van der Waals surface area contributed by atoms with Crippen LogP contribution < -0.4 is 10.6 Å². The summed E-state index contributed by atoms with van der Waals surface area (Å²) in [6.45, 7) is 8.21. The Hall–Kier alpha value is -0.810. The summed E-state index contributed by atoms with van der Waals surface area (Å²) in [5.74, 6) is 1.96. The van der Waals surface area contributed by atoms with Crippen molar-refractivity contribution in [3.63, 3.8) is 0 Å². The van der Waals surface area contributed by atoms with Gasteiger partial charge in [0.1, 0.15) is 0 Å².